The van der Waals surface area contributed by atoms with Gasteiger partial charge >= 0.3 is 6.18 Å². The maximum absolute atomic E-state index is 13.0. The average Bonchev–Trinajstić information content (AvgIpc) is 2.68. The molecule has 2 bridgehead atoms. The minimum atomic E-state index is -4.37. The van der Waals surface area contributed by atoms with Crippen LogP contribution in [0.25, 0.3) is 6.08 Å². The molecule has 0 atom stereocenters. The van der Waals surface area contributed by atoms with Gasteiger partial charge in [0.15, 0.2) is 0 Å². The zero-order valence-corrected chi connectivity index (χ0v) is 11.5. The molecule has 0 unspecified atom stereocenters. The number of rotatable bonds is 1. The van der Waals surface area contributed by atoms with Crippen LogP contribution in [0.1, 0.15) is 30.4 Å². The number of carbonyl (C=O) groups excluding carboxylic acids is 1. The van der Waals surface area contributed by atoms with Crippen LogP contribution >= 0.6 is 0 Å². The molecule has 2 nitrogen and oxygen atoms in total. The maximum atomic E-state index is 13.0. The Bertz CT molecular complexity index is 583. The third-order valence-corrected chi connectivity index (χ3v) is 4.46. The van der Waals surface area contributed by atoms with E-state index in [9.17, 15) is 18.0 Å². The number of hydrogen-bond acceptors (Lipinski definition) is 1. The van der Waals surface area contributed by atoms with Crippen LogP contribution < -0.4 is 4.90 Å². The Morgan fingerprint density at radius 3 is 2.48 bits per heavy atom. The third kappa shape index (κ3) is 2.88. The molecule has 1 N–H and O–H groups in total. The van der Waals surface area contributed by atoms with Crippen molar-refractivity contribution in [2.45, 2.75) is 25.4 Å². The highest BCUT2D eigenvalue weighted by Gasteiger charge is 2.37. The highest BCUT2D eigenvalue weighted by Crippen LogP contribution is 2.33. The van der Waals surface area contributed by atoms with Gasteiger partial charge in [-0.2, -0.15) is 13.2 Å². The first-order chi connectivity index (χ1) is 9.95. The van der Waals surface area contributed by atoms with Crippen molar-refractivity contribution in [2.24, 2.45) is 5.92 Å². The van der Waals surface area contributed by atoms with E-state index < -0.39 is 11.7 Å². The summed E-state index contributed by atoms with van der Waals surface area (Å²) in [7, 11) is 0. The molecule has 0 amide bonds. The molecule has 3 heterocycles. The molecule has 3 aliphatic heterocycles. The molecule has 21 heavy (non-hydrogen) atoms. The van der Waals surface area contributed by atoms with E-state index in [0.29, 0.717) is 0 Å². The summed E-state index contributed by atoms with van der Waals surface area (Å²) >= 11 is 0. The smallest absolute Gasteiger partial charge is 0.306 e. The highest BCUT2D eigenvalue weighted by molar-refractivity contribution is 5.84. The quantitative estimate of drug-likeness (QED) is 0.844. The van der Waals surface area contributed by atoms with Crippen LogP contribution in [0, 0.1) is 5.92 Å². The zero-order valence-electron chi connectivity index (χ0n) is 11.5. The third-order valence-electron chi connectivity index (χ3n) is 4.46. The molecule has 0 saturated carbocycles. The van der Waals surface area contributed by atoms with Crippen LogP contribution in [-0.4, -0.2) is 18.9 Å². The van der Waals surface area contributed by atoms with Gasteiger partial charge in [-0.3, -0.25) is 4.79 Å². The number of hydrogen-bond donors (Lipinski definition) is 1. The molecular formula is C16H17F3NO+. The molecule has 3 fully saturated rings. The lowest BCUT2D eigenvalue weighted by Crippen LogP contribution is -3.10. The number of halogens is 3. The van der Waals surface area contributed by atoms with Gasteiger partial charge < -0.3 is 4.90 Å². The van der Waals surface area contributed by atoms with E-state index >= 15 is 0 Å². The molecule has 0 spiro atoms. The molecule has 3 saturated heterocycles. The van der Waals surface area contributed by atoms with Gasteiger partial charge in [0.2, 0.25) is 0 Å². The van der Waals surface area contributed by atoms with Crippen molar-refractivity contribution in [2.75, 3.05) is 13.1 Å². The van der Waals surface area contributed by atoms with Gasteiger partial charge in [-0.15, -0.1) is 0 Å². The Morgan fingerprint density at radius 1 is 1.14 bits per heavy atom. The minimum Gasteiger partial charge on any atom is -0.306 e. The second-order valence-electron chi connectivity index (χ2n) is 5.78. The number of Topliss-reactive ketones (excluding diaryl/α,β-unsaturated/α-hetero) is 1. The zero-order chi connectivity index (χ0) is 15.0. The van der Waals surface area contributed by atoms with Gasteiger partial charge in [0, 0.05) is 24.8 Å². The number of benzene rings is 1. The number of fused-ring (bicyclic) bond motifs is 4. The molecule has 0 radical (unpaired) electrons. The fourth-order valence-electron chi connectivity index (χ4n) is 3.29. The lowest BCUT2D eigenvalue weighted by Gasteiger charge is -2.23. The molecule has 3 aliphatic rings. The first kappa shape index (κ1) is 14.3. The second kappa shape index (κ2) is 5.30. The number of piperidine rings is 1. The predicted octanol–water partition coefficient (Wildman–Crippen LogP) is 2.31. The summed E-state index contributed by atoms with van der Waals surface area (Å²) in [6.07, 6.45) is -0.805. The average molecular weight is 296 g/mol. The standard InChI is InChI=1S/C16H16F3NO/c17-16(18,19)14-4-2-1-3-12(14)9-13-10-15(21)11-5-7-20(13)8-6-11/h1-4,9,11H,5-8,10H2/p+1/b13-9+. The fourth-order valence-corrected chi connectivity index (χ4v) is 3.29. The maximum Gasteiger partial charge on any atom is 0.416 e. The van der Waals surface area contributed by atoms with Gasteiger partial charge in [-0.1, -0.05) is 18.2 Å². The monoisotopic (exact) mass is 296 g/mol. The van der Waals surface area contributed by atoms with Crippen molar-refractivity contribution in [3.05, 3.63) is 41.1 Å². The van der Waals surface area contributed by atoms with Crippen LogP contribution in [-0.2, 0) is 11.0 Å². The number of alkyl halides is 3. The van der Waals surface area contributed by atoms with Gasteiger partial charge in [0.05, 0.1) is 25.1 Å². The van der Waals surface area contributed by atoms with Crippen molar-refractivity contribution in [3.8, 4) is 0 Å². The van der Waals surface area contributed by atoms with E-state index in [1.807, 2.05) is 0 Å². The Kier molecular flexibility index (Phi) is 3.61. The Hall–Kier alpha value is -1.62. The van der Waals surface area contributed by atoms with E-state index in [1.54, 1.807) is 12.1 Å². The van der Waals surface area contributed by atoms with Crippen LogP contribution in [0.3, 0.4) is 0 Å². The topological polar surface area (TPSA) is 21.5 Å². The summed E-state index contributed by atoms with van der Waals surface area (Å²) in [6.45, 7) is 1.69. The van der Waals surface area contributed by atoms with Crippen LogP contribution in [0.2, 0.25) is 0 Å². The molecule has 4 rings (SSSR count). The number of quaternary nitrogens is 1. The van der Waals surface area contributed by atoms with Gasteiger partial charge in [0.25, 0.3) is 0 Å². The molecule has 0 aromatic heterocycles. The van der Waals surface area contributed by atoms with Gasteiger partial charge in [-0.05, 0) is 11.6 Å². The molecule has 1 aromatic rings. The van der Waals surface area contributed by atoms with E-state index in [1.165, 1.54) is 12.1 Å². The van der Waals surface area contributed by atoms with E-state index in [0.717, 1.165) is 42.6 Å². The van der Waals surface area contributed by atoms with E-state index in [2.05, 4.69) is 0 Å². The lowest BCUT2D eigenvalue weighted by molar-refractivity contribution is -0.865. The SMILES string of the molecule is O=C1C/C(=C\c2ccccc2C(F)(F)F)[NH+]2CCC1CC2. The Labute approximate surface area is 121 Å². The van der Waals surface area contributed by atoms with Crippen molar-refractivity contribution >= 4 is 11.9 Å². The van der Waals surface area contributed by atoms with E-state index in [4.69, 9.17) is 0 Å². The van der Waals surface area contributed by atoms with Gasteiger partial charge in [0.1, 0.15) is 11.5 Å². The minimum absolute atomic E-state index is 0.109. The van der Waals surface area contributed by atoms with Gasteiger partial charge in [-0.25, -0.2) is 0 Å². The Morgan fingerprint density at radius 2 is 1.81 bits per heavy atom. The fraction of sp³-hybridized carbons (Fsp3) is 0.438. The number of nitrogens with one attached hydrogen (secondary N) is 1. The summed E-state index contributed by atoms with van der Waals surface area (Å²) in [5.41, 5.74) is 0.326. The van der Waals surface area contributed by atoms with Crippen LogP contribution in [0.5, 0.6) is 0 Å². The predicted molar refractivity (Wildman–Crippen MR) is 72.5 cm³/mol. The summed E-state index contributed by atoms with van der Waals surface area (Å²) < 4.78 is 39.1. The van der Waals surface area contributed by atoms with Crippen molar-refractivity contribution < 1.29 is 22.9 Å². The summed E-state index contributed by atoms with van der Waals surface area (Å²) in [5.74, 6) is 0.288. The molecule has 1 aromatic carbocycles. The highest BCUT2D eigenvalue weighted by atomic mass is 19.4. The normalized spacial score (nSPS) is 28.0. The van der Waals surface area contributed by atoms with Crippen molar-refractivity contribution in [1.29, 1.82) is 0 Å². The second-order valence-corrected chi connectivity index (χ2v) is 5.78. The van der Waals surface area contributed by atoms with E-state index in [-0.39, 0.29) is 23.7 Å². The summed E-state index contributed by atoms with van der Waals surface area (Å²) in [6, 6.07) is 5.55. The summed E-state index contributed by atoms with van der Waals surface area (Å²) in [4.78, 5) is 13.2. The largest absolute Gasteiger partial charge is 0.416 e. The van der Waals surface area contributed by atoms with Crippen LogP contribution in [0.4, 0.5) is 13.2 Å². The molecule has 5 heteroatoms. The Balaban J connectivity index is 2.00. The van der Waals surface area contributed by atoms with Crippen LogP contribution in [0.15, 0.2) is 30.0 Å². The number of ketones is 1. The molecule has 112 valence electrons. The summed E-state index contributed by atoms with van der Waals surface area (Å²) in [5, 5.41) is 0. The first-order valence-corrected chi connectivity index (χ1v) is 7.20. The lowest BCUT2D eigenvalue weighted by atomic mass is 9.94. The van der Waals surface area contributed by atoms with Crippen molar-refractivity contribution in [3.63, 3.8) is 0 Å². The number of carbonyl (C=O) groups is 1. The molecular weight excluding hydrogens is 279 g/mol. The first-order valence-electron chi connectivity index (χ1n) is 7.20. The van der Waals surface area contributed by atoms with Crippen molar-refractivity contribution in [1.82, 2.24) is 0 Å². The number of allylic oxidation sites excluding steroid dienone is 1. The molecule has 0 aliphatic carbocycles.